The number of rotatable bonds is 4. The van der Waals surface area contributed by atoms with E-state index in [0.717, 1.165) is 49.4 Å². The van der Waals surface area contributed by atoms with E-state index in [2.05, 4.69) is 10.3 Å². The molecule has 7 nitrogen and oxygen atoms in total. The number of benzene rings is 1. The van der Waals surface area contributed by atoms with Gasteiger partial charge in [-0.1, -0.05) is 0 Å². The van der Waals surface area contributed by atoms with Gasteiger partial charge in [0.2, 0.25) is 0 Å². The summed E-state index contributed by atoms with van der Waals surface area (Å²) in [5.41, 5.74) is 2.60. The third-order valence-electron chi connectivity index (χ3n) is 5.54. The predicted molar refractivity (Wildman–Crippen MR) is 105 cm³/mol. The summed E-state index contributed by atoms with van der Waals surface area (Å²) in [4.78, 5) is 24.4. The summed E-state index contributed by atoms with van der Waals surface area (Å²) in [7, 11) is 3.16. The smallest absolute Gasteiger partial charge is 0.258 e. The Morgan fingerprint density at radius 3 is 2.93 bits per heavy atom. The topological polar surface area (TPSA) is 76.6 Å². The molecule has 1 saturated heterocycles. The van der Waals surface area contributed by atoms with Crippen LogP contribution < -0.4 is 14.8 Å². The summed E-state index contributed by atoms with van der Waals surface area (Å²) in [5.74, 6) is 2.44. The number of ether oxygens (including phenoxy) is 2. The molecular formula is C21H26N4O3. The Balaban J connectivity index is 1.53. The zero-order valence-corrected chi connectivity index (χ0v) is 16.4. The first-order valence-corrected chi connectivity index (χ1v) is 9.76. The monoisotopic (exact) mass is 382 g/mol. The highest BCUT2D eigenvalue weighted by atomic mass is 16.5. The second-order valence-electron chi connectivity index (χ2n) is 7.29. The molecule has 148 valence electrons. The van der Waals surface area contributed by atoms with Crippen LogP contribution in [0.5, 0.6) is 11.5 Å². The van der Waals surface area contributed by atoms with Gasteiger partial charge >= 0.3 is 0 Å². The van der Waals surface area contributed by atoms with Crippen molar-refractivity contribution in [3.63, 3.8) is 0 Å². The Morgan fingerprint density at radius 1 is 1.29 bits per heavy atom. The standard InChI is InChI=1S/C21H26N4O3/c1-27-16-5-6-19(28-2)17(10-16)21(26)25-9-7-18-15(13-25)12-23-20(24-18)14-4-3-8-22-11-14/h5-6,10,12,14,22H,3-4,7-9,11,13H2,1-2H3. The fraction of sp³-hybridized carbons (Fsp3) is 0.476. The molecule has 2 aromatic rings. The van der Waals surface area contributed by atoms with Gasteiger partial charge in [-0.3, -0.25) is 4.79 Å². The van der Waals surface area contributed by atoms with E-state index in [1.165, 1.54) is 0 Å². The molecule has 7 heteroatoms. The molecule has 28 heavy (non-hydrogen) atoms. The van der Waals surface area contributed by atoms with Crippen LogP contribution in [0.2, 0.25) is 0 Å². The molecule has 1 aromatic heterocycles. The molecule has 1 amide bonds. The summed E-state index contributed by atoms with van der Waals surface area (Å²) in [6, 6.07) is 5.28. The van der Waals surface area contributed by atoms with Crippen molar-refractivity contribution in [2.45, 2.75) is 31.7 Å². The lowest BCUT2D eigenvalue weighted by molar-refractivity contribution is 0.0729. The van der Waals surface area contributed by atoms with Crippen molar-refractivity contribution in [2.75, 3.05) is 33.9 Å². The van der Waals surface area contributed by atoms with Crippen LogP contribution in [0.1, 0.15) is 46.2 Å². The van der Waals surface area contributed by atoms with Crippen LogP contribution in [-0.4, -0.2) is 54.6 Å². The zero-order valence-electron chi connectivity index (χ0n) is 16.4. The van der Waals surface area contributed by atoms with E-state index >= 15 is 0 Å². The van der Waals surface area contributed by atoms with Crippen molar-refractivity contribution < 1.29 is 14.3 Å². The Kier molecular flexibility index (Phi) is 5.43. The zero-order chi connectivity index (χ0) is 19.5. The molecule has 3 heterocycles. The number of aromatic nitrogens is 2. The maximum Gasteiger partial charge on any atom is 0.258 e. The molecule has 4 rings (SSSR count). The second kappa shape index (κ2) is 8.14. The predicted octanol–water partition coefficient (Wildman–Crippen LogP) is 2.16. The Labute approximate surface area is 165 Å². The van der Waals surface area contributed by atoms with Crippen molar-refractivity contribution in [3.05, 3.63) is 47.0 Å². The summed E-state index contributed by atoms with van der Waals surface area (Å²) >= 11 is 0. The minimum Gasteiger partial charge on any atom is -0.497 e. The van der Waals surface area contributed by atoms with Crippen molar-refractivity contribution in [1.82, 2.24) is 20.2 Å². The van der Waals surface area contributed by atoms with E-state index in [1.807, 2.05) is 11.1 Å². The van der Waals surface area contributed by atoms with Crippen molar-refractivity contribution in [1.29, 1.82) is 0 Å². The summed E-state index contributed by atoms with van der Waals surface area (Å²) in [5, 5.41) is 3.42. The maximum absolute atomic E-state index is 13.1. The molecule has 0 radical (unpaired) electrons. The maximum atomic E-state index is 13.1. The Bertz CT molecular complexity index is 865. The summed E-state index contributed by atoms with van der Waals surface area (Å²) in [6.07, 6.45) is 4.93. The molecule has 1 atom stereocenters. The van der Waals surface area contributed by atoms with Gasteiger partial charge in [0.25, 0.3) is 5.91 Å². The number of nitrogens with zero attached hydrogens (tertiary/aromatic N) is 3. The number of hydrogen-bond donors (Lipinski definition) is 1. The highest BCUT2D eigenvalue weighted by molar-refractivity contribution is 5.97. The van der Waals surface area contributed by atoms with E-state index in [4.69, 9.17) is 14.5 Å². The quantitative estimate of drug-likeness (QED) is 0.873. The first-order chi connectivity index (χ1) is 13.7. The van der Waals surface area contributed by atoms with Crippen LogP contribution in [0, 0.1) is 0 Å². The fourth-order valence-corrected chi connectivity index (χ4v) is 3.93. The molecule has 1 aromatic carbocycles. The average molecular weight is 382 g/mol. The van der Waals surface area contributed by atoms with Crippen molar-refractivity contribution in [3.8, 4) is 11.5 Å². The van der Waals surface area contributed by atoms with Gasteiger partial charge in [-0.2, -0.15) is 0 Å². The van der Waals surface area contributed by atoms with Gasteiger partial charge in [0.15, 0.2) is 0 Å². The highest BCUT2D eigenvalue weighted by Gasteiger charge is 2.27. The highest BCUT2D eigenvalue weighted by Crippen LogP contribution is 2.28. The lowest BCUT2D eigenvalue weighted by atomic mass is 9.98. The number of fused-ring (bicyclic) bond motifs is 1. The minimum absolute atomic E-state index is 0.0676. The molecule has 0 aliphatic carbocycles. The van der Waals surface area contributed by atoms with Crippen LogP contribution >= 0.6 is 0 Å². The summed E-state index contributed by atoms with van der Waals surface area (Å²) < 4.78 is 10.6. The number of carbonyl (C=O) groups is 1. The van der Waals surface area contributed by atoms with Gasteiger partial charge in [-0.05, 0) is 37.6 Å². The van der Waals surface area contributed by atoms with Crippen LogP contribution in [-0.2, 0) is 13.0 Å². The summed E-state index contributed by atoms with van der Waals surface area (Å²) in [6.45, 7) is 3.16. The molecule has 0 bridgehead atoms. The molecule has 0 saturated carbocycles. The van der Waals surface area contributed by atoms with E-state index < -0.39 is 0 Å². The lowest BCUT2D eigenvalue weighted by Gasteiger charge is -2.29. The molecule has 1 fully saturated rings. The van der Waals surface area contributed by atoms with Gasteiger partial charge in [0, 0.05) is 43.7 Å². The van der Waals surface area contributed by atoms with E-state index in [1.54, 1.807) is 32.4 Å². The second-order valence-corrected chi connectivity index (χ2v) is 7.29. The normalized spacial score (nSPS) is 19.1. The van der Waals surface area contributed by atoms with Gasteiger partial charge in [0.05, 0.1) is 25.5 Å². The lowest BCUT2D eigenvalue weighted by Crippen LogP contribution is -2.37. The van der Waals surface area contributed by atoms with Gasteiger partial charge < -0.3 is 19.7 Å². The fourth-order valence-electron chi connectivity index (χ4n) is 3.93. The molecule has 2 aliphatic rings. The third-order valence-corrected chi connectivity index (χ3v) is 5.54. The minimum atomic E-state index is -0.0676. The number of hydrogen-bond acceptors (Lipinski definition) is 6. The molecule has 1 unspecified atom stereocenters. The molecule has 0 spiro atoms. The number of nitrogens with one attached hydrogen (secondary N) is 1. The van der Waals surface area contributed by atoms with E-state index in [0.29, 0.717) is 36.1 Å². The number of carbonyl (C=O) groups excluding carboxylic acids is 1. The largest absolute Gasteiger partial charge is 0.497 e. The Hall–Kier alpha value is -2.67. The van der Waals surface area contributed by atoms with E-state index in [-0.39, 0.29) is 5.91 Å². The van der Waals surface area contributed by atoms with E-state index in [9.17, 15) is 4.79 Å². The first kappa shape index (κ1) is 18.7. The van der Waals surface area contributed by atoms with Crippen LogP contribution in [0.3, 0.4) is 0 Å². The number of amides is 1. The Morgan fingerprint density at radius 2 is 2.18 bits per heavy atom. The first-order valence-electron chi connectivity index (χ1n) is 9.76. The molecule has 2 aliphatic heterocycles. The van der Waals surface area contributed by atoms with Gasteiger partial charge in [-0.25, -0.2) is 9.97 Å². The van der Waals surface area contributed by atoms with Gasteiger partial charge in [-0.15, -0.1) is 0 Å². The van der Waals surface area contributed by atoms with Crippen molar-refractivity contribution in [2.24, 2.45) is 0 Å². The van der Waals surface area contributed by atoms with Crippen LogP contribution in [0.25, 0.3) is 0 Å². The number of methoxy groups -OCH3 is 2. The third kappa shape index (κ3) is 3.67. The average Bonchev–Trinajstić information content (AvgIpc) is 2.78. The van der Waals surface area contributed by atoms with Crippen LogP contribution in [0.4, 0.5) is 0 Å². The number of piperidine rings is 1. The van der Waals surface area contributed by atoms with Crippen LogP contribution in [0.15, 0.2) is 24.4 Å². The SMILES string of the molecule is COc1ccc(OC)c(C(=O)N2CCc3nc(C4CCCNC4)ncc3C2)c1. The van der Waals surface area contributed by atoms with Gasteiger partial charge in [0.1, 0.15) is 17.3 Å². The van der Waals surface area contributed by atoms with Crippen molar-refractivity contribution >= 4 is 5.91 Å². The molecule has 1 N–H and O–H groups in total. The molecular weight excluding hydrogens is 356 g/mol.